The van der Waals surface area contributed by atoms with Crippen LogP contribution in [0.5, 0.6) is 11.5 Å². The normalized spacial score (nSPS) is 12.4. The molecule has 14 aromatic rings. The van der Waals surface area contributed by atoms with Crippen molar-refractivity contribution in [3.05, 3.63) is 248 Å². The molecule has 0 radical (unpaired) electrons. The van der Waals surface area contributed by atoms with Crippen LogP contribution in [0, 0.1) is 6.33 Å². The van der Waals surface area contributed by atoms with Crippen molar-refractivity contribution in [1.29, 1.82) is 0 Å². The van der Waals surface area contributed by atoms with Crippen molar-refractivity contribution in [2.24, 2.45) is 0 Å². The smallest absolute Gasteiger partial charge is 0.269 e. The number of ether oxygens (including phenoxy) is 1. The first-order chi connectivity index (χ1) is 38.9. The molecule has 5 heterocycles. The minimum atomic E-state index is -0.201. The standard InChI is InChI=1S/C74H56N4O2/c1-73(2,3)48-36-37-75-69(42-48)78-65-31-16-14-28-57(65)58-35-34-52(44-67(58)78)79-51-23-18-22-50(43-51)76-45-77-70-61(47-38-62(46-20-8-7-9-21-46)72-64(39-47)59-29-15-17-33-68(59)80-72)40-49(74(4,5)6)41-63(70)56-27-13-11-25-54(56)53-24-10-12-26-55(53)60-30-19-32-66(76)71(60)77/h7-44H,1-6H3. The van der Waals surface area contributed by atoms with Gasteiger partial charge in [-0.05, 0) is 139 Å². The average molecular weight is 1030 g/mol. The summed E-state index contributed by atoms with van der Waals surface area (Å²) in [5.74, 6) is 2.32. The zero-order valence-electron chi connectivity index (χ0n) is 45.5. The summed E-state index contributed by atoms with van der Waals surface area (Å²) in [4.78, 5) is 4.94. The lowest BCUT2D eigenvalue weighted by atomic mass is 9.80. The maximum atomic E-state index is 6.95. The van der Waals surface area contributed by atoms with Gasteiger partial charge < -0.3 is 9.15 Å². The average Bonchev–Trinajstić information content (AvgIpc) is 4.32. The Balaban J connectivity index is 0.967. The number of pyridine rings is 1. The molecule has 0 saturated carbocycles. The highest BCUT2D eigenvalue weighted by molar-refractivity contribution is 6.12. The maximum Gasteiger partial charge on any atom is 0.269 e. The summed E-state index contributed by atoms with van der Waals surface area (Å²) in [6, 6.07) is 80.8. The van der Waals surface area contributed by atoms with Crippen LogP contribution in [0.4, 0.5) is 0 Å². The number of imidazole rings is 1. The summed E-state index contributed by atoms with van der Waals surface area (Å²) in [5, 5.41) is 4.46. The van der Waals surface area contributed by atoms with Gasteiger partial charge in [-0.25, -0.2) is 4.98 Å². The molecule has 80 heavy (non-hydrogen) atoms. The third kappa shape index (κ3) is 7.61. The second-order valence-electron chi connectivity index (χ2n) is 23.4. The van der Waals surface area contributed by atoms with E-state index in [0.717, 1.165) is 117 Å². The van der Waals surface area contributed by atoms with Crippen LogP contribution in [-0.2, 0) is 10.8 Å². The van der Waals surface area contributed by atoms with Gasteiger partial charge in [-0.15, -0.1) is 0 Å². The number of rotatable bonds is 6. The van der Waals surface area contributed by atoms with E-state index in [1.54, 1.807) is 0 Å². The van der Waals surface area contributed by atoms with Crippen molar-refractivity contribution >= 4 is 54.8 Å². The topological polar surface area (TPSA) is 49.0 Å². The molecule has 0 saturated heterocycles. The van der Waals surface area contributed by atoms with E-state index >= 15 is 0 Å². The van der Waals surface area contributed by atoms with E-state index in [9.17, 15) is 0 Å². The molecule has 15 rings (SSSR count). The third-order valence-corrected chi connectivity index (χ3v) is 16.3. The van der Waals surface area contributed by atoms with E-state index in [-0.39, 0.29) is 10.8 Å². The number of hydrogen-bond donors (Lipinski definition) is 0. The molecule has 0 aliphatic carbocycles. The summed E-state index contributed by atoms with van der Waals surface area (Å²) in [6.07, 6.45) is 5.98. The van der Waals surface area contributed by atoms with Crippen molar-refractivity contribution in [1.82, 2.24) is 14.1 Å². The molecule has 4 aromatic heterocycles. The monoisotopic (exact) mass is 1030 g/mol. The molecule has 384 valence electrons. The number of para-hydroxylation sites is 3. The number of furan rings is 1. The van der Waals surface area contributed by atoms with Crippen molar-refractivity contribution in [2.45, 2.75) is 52.4 Å². The second-order valence-corrected chi connectivity index (χ2v) is 23.4. The molecule has 1 aliphatic heterocycles. The Labute approximate surface area is 465 Å². The fourth-order valence-electron chi connectivity index (χ4n) is 12.3. The van der Waals surface area contributed by atoms with Crippen LogP contribution in [0.3, 0.4) is 0 Å². The fourth-order valence-corrected chi connectivity index (χ4v) is 12.3. The van der Waals surface area contributed by atoms with Gasteiger partial charge in [-0.3, -0.25) is 13.7 Å². The van der Waals surface area contributed by atoms with Crippen LogP contribution in [-0.4, -0.2) is 14.1 Å². The molecule has 0 unspecified atom stereocenters. The minimum absolute atomic E-state index is 0.0379. The Bertz CT molecular complexity index is 4830. The Kier molecular flexibility index (Phi) is 10.6. The van der Waals surface area contributed by atoms with Crippen LogP contribution in [0.25, 0.3) is 128 Å². The predicted molar refractivity (Wildman–Crippen MR) is 328 cm³/mol. The van der Waals surface area contributed by atoms with E-state index in [1.807, 2.05) is 12.3 Å². The van der Waals surface area contributed by atoms with Crippen LogP contribution < -0.4 is 9.30 Å². The molecule has 10 aromatic carbocycles. The highest BCUT2D eigenvalue weighted by Crippen LogP contribution is 2.49. The molecule has 0 N–H and O–H groups in total. The lowest BCUT2D eigenvalue weighted by Gasteiger charge is -2.26. The second kappa shape index (κ2) is 17.9. The van der Waals surface area contributed by atoms with Crippen LogP contribution in [0.1, 0.15) is 52.7 Å². The first-order valence-corrected chi connectivity index (χ1v) is 27.6. The van der Waals surface area contributed by atoms with Crippen LogP contribution >= 0.6 is 0 Å². The van der Waals surface area contributed by atoms with Crippen molar-refractivity contribution in [3.8, 4) is 84.3 Å². The van der Waals surface area contributed by atoms with Gasteiger partial charge in [0.15, 0.2) is 0 Å². The SMILES string of the molecule is CC(C)(C)c1ccnc(-n2c3ccccc3c3ccc(Oc4cccc(-n5[c-][n+]6c7c(cccc75)-c5ccccc5-c5ccccc5-c5cc(C(C)(C)C)cc(-c7cc(-c8ccccc8)c8oc9ccccc9c8c7)c5-6)c4)cc32)c1. The third-order valence-electron chi connectivity index (χ3n) is 16.3. The first-order valence-electron chi connectivity index (χ1n) is 27.6. The van der Waals surface area contributed by atoms with E-state index in [2.05, 4.69) is 280 Å². The Morgan fingerprint density at radius 2 is 1.06 bits per heavy atom. The van der Waals surface area contributed by atoms with E-state index < -0.39 is 0 Å². The zero-order valence-corrected chi connectivity index (χ0v) is 45.5. The van der Waals surface area contributed by atoms with Crippen molar-refractivity contribution in [2.75, 3.05) is 0 Å². The number of hydrogen-bond acceptors (Lipinski definition) is 3. The van der Waals surface area contributed by atoms with E-state index in [4.69, 9.17) is 14.1 Å². The zero-order chi connectivity index (χ0) is 54.0. The summed E-state index contributed by atoms with van der Waals surface area (Å²) in [5.41, 5.74) is 21.3. The summed E-state index contributed by atoms with van der Waals surface area (Å²) in [7, 11) is 0. The Hall–Kier alpha value is -9.78. The molecular formula is C74H56N4O2. The maximum absolute atomic E-state index is 6.95. The first kappa shape index (κ1) is 47.4. The van der Waals surface area contributed by atoms with E-state index in [0.29, 0.717) is 5.75 Å². The van der Waals surface area contributed by atoms with Gasteiger partial charge in [0, 0.05) is 39.4 Å². The van der Waals surface area contributed by atoms with Gasteiger partial charge in [-0.1, -0.05) is 193 Å². The van der Waals surface area contributed by atoms with Gasteiger partial charge in [-0.2, -0.15) is 0 Å². The largest absolute Gasteiger partial charge is 0.458 e. The van der Waals surface area contributed by atoms with Gasteiger partial charge >= 0.3 is 0 Å². The van der Waals surface area contributed by atoms with Gasteiger partial charge in [0.2, 0.25) is 0 Å². The lowest BCUT2D eigenvalue weighted by molar-refractivity contribution is -0.570. The summed E-state index contributed by atoms with van der Waals surface area (Å²) >= 11 is 0. The van der Waals surface area contributed by atoms with Gasteiger partial charge in [0.1, 0.15) is 28.5 Å². The summed E-state index contributed by atoms with van der Waals surface area (Å²) in [6.45, 7) is 13.7. The Morgan fingerprint density at radius 3 is 1.84 bits per heavy atom. The molecule has 1 aliphatic rings. The molecule has 0 amide bonds. The number of aromatic nitrogens is 4. The number of nitrogens with zero attached hydrogens (tertiary/aromatic N) is 4. The molecule has 0 bridgehead atoms. The van der Waals surface area contributed by atoms with Gasteiger partial charge in [0.25, 0.3) is 6.33 Å². The molecule has 0 spiro atoms. The van der Waals surface area contributed by atoms with Crippen LogP contribution in [0.15, 0.2) is 235 Å². The molecule has 6 nitrogen and oxygen atoms in total. The predicted octanol–water partition coefficient (Wildman–Crippen LogP) is 19.1. The molecular weight excluding hydrogens is 977 g/mol. The highest BCUT2D eigenvalue weighted by atomic mass is 16.5. The lowest BCUT2D eigenvalue weighted by Crippen LogP contribution is -2.32. The number of fused-ring (bicyclic) bond motifs is 13. The van der Waals surface area contributed by atoms with Crippen molar-refractivity contribution < 1.29 is 13.7 Å². The molecule has 0 atom stereocenters. The van der Waals surface area contributed by atoms with Crippen molar-refractivity contribution in [3.63, 3.8) is 0 Å². The fraction of sp³-hybridized carbons (Fsp3) is 0.108. The molecule has 6 heteroatoms. The van der Waals surface area contributed by atoms with Gasteiger partial charge in [0.05, 0.1) is 33.4 Å². The Morgan fingerprint density at radius 1 is 0.438 bits per heavy atom. The van der Waals surface area contributed by atoms with Crippen LogP contribution in [0.2, 0.25) is 0 Å². The highest BCUT2D eigenvalue weighted by Gasteiger charge is 2.30. The number of benzene rings is 10. The van der Waals surface area contributed by atoms with E-state index in [1.165, 1.54) is 27.6 Å². The minimum Gasteiger partial charge on any atom is -0.458 e. The quantitative estimate of drug-likeness (QED) is 0.123. The summed E-state index contributed by atoms with van der Waals surface area (Å²) < 4.78 is 20.6. The molecule has 0 fully saturated rings.